The van der Waals surface area contributed by atoms with Gasteiger partial charge in [0, 0.05) is 26.2 Å². The first-order valence-corrected chi connectivity index (χ1v) is 6.18. The van der Waals surface area contributed by atoms with Gasteiger partial charge >= 0.3 is 0 Å². The minimum absolute atomic E-state index is 0.142. The molecule has 1 aliphatic heterocycles. The summed E-state index contributed by atoms with van der Waals surface area (Å²) in [6, 6.07) is 0.350. The molecule has 1 saturated heterocycles. The van der Waals surface area contributed by atoms with Crippen LogP contribution >= 0.6 is 0 Å². The van der Waals surface area contributed by atoms with Crippen LogP contribution in [0.15, 0.2) is 0 Å². The van der Waals surface area contributed by atoms with Crippen LogP contribution in [-0.2, 0) is 9.53 Å². The largest absolute Gasteiger partial charge is 0.376 e. The lowest BCUT2D eigenvalue weighted by molar-refractivity contribution is -0.131. The molecule has 0 spiro atoms. The number of nitrogens with one attached hydrogen (secondary N) is 1. The van der Waals surface area contributed by atoms with Gasteiger partial charge in [-0.3, -0.25) is 4.79 Å². The molecule has 4 heteroatoms. The van der Waals surface area contributed by atoms with E-state index in [1.54, 1.807) is 4.90 Å². The number of nitrogens with zero attached hydrogens (tertiary/aromatic N) is 1. The van der Waals surface area contributed by atoms with Crippen molar-refractivity contribution in [2.24, 2.45) is 0 Å². The van der Waals surface area contributed by atoms with Gasteiger partial charge in [-0.25, -0.2) is 0 Å². The summed E-state index contributed by atoms with van der Waals surface area (Å²) in [6.45, 7) is 6.06. The quantitative estimate of drug-likeness (QED) is 0.763. The Balaban J connectivity index is 2.21. The van der Waals surface area contributed by atoms with E-state index in [9.17, 15) is 4.79 Å². The zero-order chi connectivity index (χ0) is 12.0. The van der Waals surface area contributed by atoms with Crippen LogP contribution in [0.3, 0.4) is 0 Å². The van der Waals surface area contributed by atoms with Gasteiger partial charge in [-0.2, -0.15) is 0 Å². The maximum absolute atomic E-state index is 11.7. The monoisotopic (exact) mass is 228 g/mol. The van der Waals surface area contributed by atoms with Crippen molar-refractivity contribution in [1.29, 1.82) is 0 Å². The molecule has 1 aliphatic rings. The highest BCUT2D eigenvalue weighted by Gasteiger charge is 2.18. The van der Waals surface area contributed by atoms with Gasteiger partial charge in [0.1, 0.15) is 0 Å². The third-order valence-electron chi connectivity index (χ3n) is 2.84. The van der Waals surface area contributed by atoms with Crippen LogP contribution < -0.4 is 5.32 Å². The third-order valence-corrected chi connectivity index (χ3v) is 2.84. The van der Waals surface area contributed by atoms with Crippen molar-refractivity contribution in [3.8, 4) is 0 Å². The minimum Gasteiger partial charge on any atom is -0.376 e. The van der Waals surface area contributed by atoms with E-state index in [0.29, 0.717) is 12.6 Å². The molecule has 0 saturated carbocycles. The lowest BCUT2D eigenvalue weighted by Crippen LogP contribution is -2.42. The van der Waals surface area contributed by atoms with Crippen molar-refractivity contribution in [2.75, 3.05) is 26.7 Å². The molecule has 1 N–H and O–H groups in total. The van der Waals surface area contributed by atoms with Crippen LogP contribution in [0, 0.1) is 0 Å². The van der Waals surface area contributed by atoms with Gasteiger partial charge in [-0.05, 0) is 19.3 Å². The lowest BCUT2D eigenvalue weighted by atomic mass is 10.1. The SMILES string of the molecule is CC(C)NCC(=O)N(C)CC1CCCCO1. The molecule has 1 atom stereocenters. The predicted octanol–water partition coefficient (Wildman–Crippen LogP) is 1.01. The highest BCUT2D eigenvalue weighted by atomic mass is 16.5. The molecule has 1 rings (SSSR count). The van der Waals surface area contributed by atoms with E-state index in [2.05, 4.69) is 5.32 Å². The van der Waals surface area contributed by atoms with Gasteiger partial charge in [0.2, 0.25) is 5.91 Å². The van der Waals surface area contributed by atoms with Gasteiger partial charge in [-0.15, -0.1) is 0 Å². The number of hydrogen-bond donors (Lipinski definition) is 1. The Bertz CT molecular complexity index is 213. The number of rotatable bonds is 5. The van der Waals surface area contributed by atoms with Crippen molar-refractivity contribution in [3.63, 3.8) is 0 Å². The van der Waals surface area contributed by atoms with Gasteiger partial charge < -0.3 is 15.0 Å². The van der Waals surface area contributed by atoms with Gasteiger partial charge in [0.05, 0.1) is 12.6 Å². The Morgan fingerprint density at radius 2 is 2.25 bits per heavy atom. The van der Waals surface area contributed by atoms with Crippen LogP contribution in [0.25, 0.3) is 0 Å². The molecule has 0 bridgehead atoms. The van der Waals surface area contributed by atoms with Gasteiger partial charge in [0.25, 0.3) is 0 Å². The van der Waals surface area contributed by atoms with Crippen molar-refractivity contribution >= 4 is 5.91 Å². The van der Waals surface area contributed by atoms with E-state index in [1.807, 2.05) is 20.9 Å². The summed E-state index contributed by atoms with van der Waals surface area (Å²) in [7, 11) is 1.85. The highest BCUT2D eigenvalue weighted by molar-refractivity contribution is 5.78. The maximum Gasteiger partial charge on any atom is 0.236 e. The van der Waals surface area contributed by atoms with E-state index in [4.69, 9.17) is 4.74 Å². The fourth-order valence-electron chi connectivity index (χ4n) is 1.79. The molecule has 0 aromatic carbocycles. The molecule has 16 heavy (non-hydrogen) atoms. The second-order valence-electron chi connectivity index (χ2n) is 4.80. The number of likely N-dealkylation sites (N-methyl/N-ethyl adjacent to an activating group) is 1. The summed E-state index contributed by atoms with van der Waals surface area (Å²) in [6.07, 6.45) is 3.69. The third kappa shape index (κ3) is 4.94. The topological polar surface area (TPSA) is 41.6 Å². The summed E-state index contributed by atoms with van der Waals surface area (Å²) >= 11 is 0. The van der Waals surface area contributed by atoms with Crippen molar-refractivity contribution in [3.05, 3.63) is 0 Å². The molecule has 1 amide bonds. The van der Waals surface area contributed by atoms with E-state index >= 15 is 0 Å². The summed E-state index contributed by atoms with van der Waals surface area (Å²) in [5.74, 6) is 0.142. The Kier molecular flexibility index (Phi) is 5.77. The summed E-state index contributed by atoms with van der Waals surface area (Å²) in [4.78, 5) is 13.5. The number of carbonyl (C=O) groups excluding carboxylic acids is 1. The van der Waals surface area contributed by atoms with E-state index < -0.39 is 0 Å². The van der Waals surface area contributed by atoms with Gasteiger partial charge in [0.15, 0.2) is 0 Å². The second kappa shape index (κ2) is 6.86. The molecule has 0 aliphatic carbocycles. The Labute approximate surface area is 98.3 Å². The summed E-state index contributed by atoms with van der Waals surface area (Å²) in [5.41, 5.74) is 0. The van der Waals surface area contributed by atoms with Crippen LogP contribution in [0.4, 0.5) is 0 Å². The number of carbonyl (C=O) groups is 1. The Morgan fingerprint density at radius 3 is 2.81 bits per heavy atom. The molecule has 94 valence electrons. The molecule has 0 radical (unpaired) electrons. The molecular weight excluding hydrogens is 204 g/mol. The molecule has 1 heterocycles. The standard InChI is InChI=1S/C12H24N2O2/c1-10(2)13-8-12(15)14(3)9-11-6-4-5-7-16-11/h10-11,13H,4-9H2,1-3H3. The van der Waals surface area contributed by atoms with Crippen molar-refractivity contribution < 1.29 is 9.53 Å². The highest BCUT2D eigenvalue weighted by Crippen LogP contribution is 2.13. The minimum atomic E-state index is 0.142. The molecule has 4 nitrogen and oxygen atoms in total. The normalized spacial score (nSPS) is 21.1. The van der Waals surface area contributed by atoms with E-state index in [1.165, 1.54) is 6.42 Å². The van der Waals surface area contributed by atoms with Crippen LogP contribution in [0.1, 0.15) is 33.1 Å². The summed E-state index contributed by atoms with van der Waals surface area (Å²) in [5, 5.41) is 3.13. The van der Waals surface area contributed by atoms with Crippen LogP contribution in [-0.4, -0.2) is 49.7 Å². The Morgan fingerprint density at radius 1 is 1.50 bits per heavy atom. The smallest absolute Gasteiger partial charge is 0.236 e. The van der Waals surface area contributed by atoms with E-state index in [0.717, 1.165) is 26.0 Å². The first kappa shape index (κ1) is 13.5. The fourth-order valence-corrected chi connectivity index (χ4v) is 1.79. The molecular formula is C12H24N2O2. The van der Waals surface area contributed by atoms with Gasteiger partial charge in [-0.1, -0.05) is 13.8 Å². The average molecular weight is 228 g/mol. The number of amides is 1. The van der Waals surface area contributed by atoms with Crippen LogP contribution in [0.2, 0.25) is 0 Å². The summed E-state index contributed by atoms with van der Waals surface area (Å²) < 4.78 is 5.61. The average Bonchev–Trinajstić information content (AvgIpc) is 2.27. The molecule has 1 fully saturated rings. The zero-order valence-electron chi connectivity index (χ0n) is 10.7. The van der Waals surface area contributed by atoms with E-state index in [-0.39, 0.29) is 12.0 Å². The van der Waals surface area contributed by atoms with Crippen LogP contribution in [0.5, 0.6) is 0 Å². The zero-order valence-corrected chi connectivity index (χ0v) is 10.7. The van der Waals surface area contributed by atoms with Crippen molar-refractivity contribution in [2.45, 2.75) is 45.3 Å². The Hall–Kier alpha value is -0.610. The molecule has 0 aromatic heterocycles. The maximum atomic E-state index is 11.7. The number of ether oxygens (including phenoxy) is 1. The lowest BCUT2D eigenvalue weighted by Gasteiger charge is -2.27. The second-order valence-corrected chi connectivity index (χ2v) is 4.80. The first-order valence-electron chi connectivity index (χ1n) is 6.18. The van der Waals surface area contributed by atoms with Crippen molar-refractivity contribution in [1.82, 2.24) is 10.2 Å². The number of hydrogen-bond acceptors (Lipinski definition) is 3. The first-order chi connectivity index (χ1) is 7.59. The predicted molar refractivity (Wildman–Crippen MR) is 64.4 cm³/mol. The molecule has 0 aromatic rings. The fraction of sp³-hybridized carbons (Fsp3) is 0.917. The molecule has 1 unspecified atom stereocenters.